The first-order valence-electron chi connectivity index (χ1n) is 7.17. The molecule has 3 rings (SSSR count). The maximum Gasteiger partial charge on any atom is 0.140 e. The quantitative estimate of drug-likeness (QED) is 0.574. The van der Waals surface area contributed by atoms with E-state index in [2.05, 4.69) is 26.8 Å². The van der Waals surface area contributed by atoms with Crippen molar-refractivity contribution < 1.29 is 4.79 Å². The highest BCUT2D eigenvalue weighted by molar-refractivity contribution is 5.88. The van der Waals surface area contributed by atoms with Gasteiger partial charge in [-0.1, -0.05) is 38.8 Å². The third-order valence-electron chi connectivity index (χ3n) is 5.90. The van der Waals surface area contributed by atoms with E-state index in [4.69, 9.17) is 0 Å². The lowest BCUT2D eigenvalue weighted by molar-refractivity contribution is -0.128. The van der Waals surface area contributed by atoms with E-state index in [1.807, 2.05) is 0 Å². The number of allylic oxidation sites excluding steroid dienone is 2. The Bertz CT molecular complexity index is 390. The minimum Gasteiger partial charge on any atom is -0.299 e. The van der Waals surface area contributed by atoms with Gasteiger partial charge >= 0.3 is 0 Å². The van der Waals surface area contributed by atoms with Crippen LogP contribution in [-0.4, -0.2) is 5.78 Å². The summed E-state index contributed by atoms with van der Waals surface area (Å²) < 4.78 is 0. The van der Waals surface area contributed by atoms with Gasteiger partial charge in [0.2, 0.25) is 0 Å². The van der Waals surface area contributed by atoms with Crippen LogP contribution < -0.4 is 0 Å². The maximum atomic E-state index is 12.2. The van der Waals surface area contributed by atoms with Crippen molar-refractivity contribution in [3.8, 4) is 0 Å². The number of carbonyl (C=O) groups is 1. The monoisotopic (exact) mass is 232 g/mol. The van der Waals surface area contributed by atoms with Crippen LogP contribution in [0.3, 0.4) is 0 Å². The zero-order valence-electron chi connectivity index (χ0n) is 11.4. The van der Waals surface area contributed by atoms with Gasteiger partial charge in [0.05, 0.1) is 0 Å². The molecule has 0 spiro atoms. The van der Waals surface area contributed by atoms with Crippen LogP contribution in [0.1, 0.15) is 59.3 Å². The maximum absolute atomic E-state index is 12.2. The summed E-state index contributed by atoms with van der Waals surface area (Å²) >= 11 is 0. The Labute approximate surface area is 105 Å². The van der Waals surface area contributed by atoms with Crippen LogP contribution in [0.15, 0.2) is 11.6 Å². The Kier molecular flexibility index (Phi) is 2.34. The summed E-state index contributed by atoms with van der Waals surface area (Å²) in [4.78, 5) is 12.2. The number of carbonyl (C=O) groups excluding carboxylic acids is 1. The summed E-state index contributed by atoms with van der Waals surface area (Å²) in [5.74, 6) is 1.52. The van der Waals surface area contributed by atoms with Crippen LogP contribution in [0.4, 0.5) is 0 Å². The Morgan fingerprint density at radius 1 is 1.18 bits per heavy atom. The molecule has 3 aliphatic rings. The molecule has 0 bridgehead atoms. The second kappa shape index (κ2) is 3.46. The molecule has 0 N–H and O–H groups in total. The second-order valence-electron chi connectivity index (χ2n) is 7.31. The Hall–Kier alpha value is -0.590. The fourth-order valence-electron chi connectivity index (χ4n) is 5.14. The molecule has 0 aromatic rings. The Morgan fingerprint density at radius 2 is 1.94 bits per heavy atom. The van der Waals surface area contributed by atoms with Gasteiger partial charge < -0.3 is 0 Å². The largest absolute Gasteiger partial charge is 0.299 e. The van der Waals surface area contributed by atoms with Crippen molar-refractivity contribution in [2.45, 2.75) is 59.3 Å². The van der Waals surface area contributed by atoms with E-state index in [1.54, 1.807) is 0 Å². The molecule has 0 amide bonds. The molecule has 1 heteroatoms. The zero-order chi connectivity index (χ0) is 12.3. The van der Waals surface area contributed by atoms with Gasteiger partial charge in [0.15, 0.2) is 0 Å². The average molecular weight is 232 g/mol. The third kappa shape index (κ3) is 1.47. The van der Waals surface area contributed by atoms with E-state index >= 15 is 0 Å². The lowest BCUT2D eigenvalue weighted by atomic mass is 9.49. The number of hydrogen-bond acceptors (Lipinski definition) is 1. The molecule has 0 aromatic heterocycles. The predicted molar refractivity (Wildman–Crippen MR) is 69.7 cm³/mol. The summed E-state index contributed by atoms with van der Waals surface area (Å²) in [6.07, 6.45) is 9.37. The molecule has 2 fully saturated rings. The Morgan fingerprint density at radius 3 is 2.71 bits per heavy atom. The third-order valence-corrected chi connectivity index (χ3v) is 5.90. The van der Waals surface area contributed by atoms with E-state index in [9.17, 15) is 4.79 Å². The Balaban J connectivity index is 2.05. The summed E-state index contributed by atoms with van der Waals surface area (Å²) in [7, 11) is 0. The molecule has 2 saturated carbocycles. The second-order valence-corrected chi connectivity index (χ2v) is 7.31. The van der Waals surface area contributed by atoms with Gasteiger partial charge in [0.25, 0.3) is 0 Å². The SMILES string of the molecule is CC1(C)CCC[C@]2(C)C3C(=O)CCC3=CC[C@@H]12. The van der Waals surface area contributed by atoms with Crippen LogP contribution >= 0.6 is 0 Å². The molecular weight excluding hydrogens is 208 g/mol. The molecule has 1 nitrogen and oxygen atoms in total. The summed E-state index contributed by atoms with van der Waals surface area (Å²) in [5, 5.41) is 0. The molecule has 0 aromatic carbocycles. The summed E-state index contributed by atoms with van der Waals surface area (Å²) in [6.45, 7) is 7.22. The van der Waals surface area contributed by atoms with E-state index < -0.39 is 0 Å². The minimum absolute atomic E-state index is 0.263. The summed E-state index contributed by atoms with van der Waals surface area (Å²) in [6, 6.07) is 0. The van der Waals surface area contributed by atoms with Crippen LogP contribution in [0.5, 0.6) is 0 Å². The predicted octanol–water partition coefficient (Wildman–Crippen LogP) is 4.13. The van der Waals surface area contributed by atoms with E-state index in [0.717, 1.165) is 12.8 Å². The van der Waals surface area contributed by atoms with Gasteiger partial charge in [-0.25, -0.2) is 0 Å². The van der Waals surface area contributed by atoms with Crippen molar-refractivity contribution in [3.63, 3.8) is 0 Å². The van der Waals surface area contributed by atoms with Crippen molar-refractivity contribution in [2.75, 3.05) is 0 Å². The first-order valence-corrected chi connectivity index (χ1v) is 7.17. The van der Waals surface area contributed by atoms with Gasteiger partial charge in [0, 0.05) is 12.3 Å². The van der Waals surface area contributed by atoms with Crippen LogP contribution in [0.25, 0.3) is 0 Å². The molecular formula is C16H24O. The van der Waals surface area contributed by atoms with Gasteiger partial charge in [-0.15, -0.1) is 0 Å². The molecule has 1 unspecified atom stereocenters. The topological polar surface area (TPSA) is 17.1 Å². The molecule has 94 valence electrons. The van der Waals surface area contributed by atoms with Crippen molar-refractivity contribution in [1.82, 2.24) is 0 Å². The van der Waals surface area contributed by atoms with Crippen molar-refractivity contribution >= 4 is 5.78 Å². The summed E-state index contributed by atoms with van der Waals surface area (Å²) in [5.41, 5.74) is 2.16. The van der Waals surface area contributed by atoms with Gasteiger partial charge in [-0.2, -0.15) is 0 Å². The number of hydrogen-bond donors (Lipinski definition) is 0. The minimum atomic E-state index is 0.263. The smallest absolute Gasteiger partial charge is 0.140 e. The fraction of sp³-hybridized carbons (Fsp3) is 0.812. The van der Waals surface area contributed by atoms with E-state index in [0.29, 0.717) is 17.1 Å². The number of fused-ring (bicyclic) bond motifs is 3. The lowest BCUT2D eigenvalue weighted by Gasteiger charge is -2.55. The number of rotatable bonds is 0. The van der Waals surface area contributed by atoms with Crippen molar-refractivity contribution in [2.24, 2.45) is 22.7 Å². The number of Topliss-reactive ketones (excluding diaryl/α,β-unsaturated/α-hetero) is 1. The van der Waals surface area contributed by atoms with Crippen LogP contribution in [-0.2, 0) is 4.79 Å². The molecule has 0 radical (unpaired) electrons. The molecule has 0 saturated heterocycles. The van der Waals surface area contributed by atoms with Crippen molar-refractivity contribution in [1.29, 1.82) is 0 Å². The molecule has 3 aliphatic carbocycles. The molecule has 17 heavy (non-hydrogen) atoms. The van der Waals surface area contributed by atoms with E-state index in [-0.39, 0.29) is 11.3 Å². The molecule has 0 heterocycles. The van der Waals surface area contributed by atoms with Crippen LogP contribution in [0.2, 0.25) is 0 Å². The highest BCUT2D eigenvalue weighted by Crippen LogP contribution is 2.61. The fourth-order valence-corrected chi connectivity index (χ4v) is 5.14. The van der Waals surface area contributed by atoms with Gasteiger partial charge in [-0.3, -0.25) is 4.79 Å². The highest BCUT2D eigenvalue weighted by atomic mass is 16.1. The first-order chi connectivity index (χ1) is 7.95. The van der Waals surface area contributed by atoms with Gasteiger partial charge in [0.1, 0.15) is 5.78 Å². The average Bonchev–Trinajstić information content (AvgIpc) is 2.60. The zero-order valence-corrected chi connectivity index (χ0v) is 11.4. The molecule has 3 atom stereocenters. The van der Waals surface area contributed by atoms with Crippen LogP contribution in [0, 0.1) is 22.7 Å². The van der Waals surface area contributed by atoms with Crippen molar-refractivity contribution in [3.05, 3.63) is 11.6 Å². The highest BCUT2D eigenvalue weighted by Gasteiger charge is 2.55. The standard InChI is InChI=1S/C16H24O/c1-15(2)9-4-10-16(3)13(15)8-6-11-5-7-12(17)14(11)16/h6,13-14H,4-5,7-10H2,1-3H3/t13-,14?,16-/m0/s1. The molecule has 0 aliphatic heterocycles. The first kappa shape index (κ1) is 11.5. The number of ketones is 1. The normalized spacial score (nSPS) is 43.9. The van der Waals surface area contributed by atoms with E-state index in [1.165, 1.54) is 31.3 Å². The lowest BCUT2D eigenvalue weighted by Crippen LogP contribution is -2.49. The van der Waals surface area contributed by atoms with Gasteiger partial charge in [-0.05, 0) is 42.4 Å².